The van der Waals surface area contributed by atoms with Crippen molar-refractivity contribution in [2.24, 2.45) is 7.05 Å². The van der Waals surface area contributed by atoms with Crippen molar-refractivity contribution in [3.05, 3.63) is 18.0 Å². The fraction of sp³-hybridized carbons (Fsp3) is 0.600. The van der Waals surface area contributed by atoms with Crippen molar-refractivity contribution >= 4 is 5.91 Å². The Morgan fingerprint density at radius 3 is 3.07 bits per heavy atom. The van der Waals surface area contributed by atoms with Gasteiger partial charge in [-0.05, 0) is 6.07 Å². The average Bonchev–Trinajstić information content (AvgIpc) is 2.73. The van der Waals surface area contributed by atoms with E-state index in [0.29, 0.717) is 5.92 Å². The van der Waals surface area contributed by atoms with Gasteiger partial charge in [0.2, 0.25) is 5.91 Å². The van der Waals surface area contributed by atoms with Crippen LogP contribution in [0.3, 0.4) is 0 Å². The predicted octanol–water partition coefficient (Wildman–Crippen LogP) is -0.388. The molecule has 0 aliphatic carbocycles. The summed E-state index contributed by atoms with van der Waals surface area (Å²) in [6, 6.07) is 2.19. The number of carbonyl (C=O) groups excluding carboxylic acids is 1. The quantitative estimate of drug-likeness (QED) is 0.696. The van der Waals surface area contributed by atoms with E-state index < -0.39 is 0 Å². The van der Waals surface area contributed by atoms with Crippen LogP contribution in [0.2, 0.25) is 0 Å². The lowest BCUT2D eigenvalue weighted by molar-refractivity contribution is -0.119. The number of aromatic nitrogens is 2. The number of amides is 1. The summed E-state index contributed by atoms with van der Waals surface area (Å²) >= 11 is 0. The third-order valence-electron chi connectivity index (χ3n) is 2.84. The molecule has 0 saturated carbocycles. The predicted molar refractivity (Wildman–Crippen MR) is 56.4 cm³/mol. The van der Waals surface area contributed by atoms with Gasteiger partial charge in [0.15, 0.2) is 0 Å². The molecule has 15 heavy (non-hydrogen) atoms. The molecule has 1 aliphatic rings. The molecule has 82 valence electrons. The Morgan fingerprint density at radius 2 is 2.47 bits per heavy atom. The number of hydrogen-bond donors (Lipinski definition) is 2. The third-order valence-corrected chi connectivity index (χ3v) is 2.84. The molecule has 0 bridgehead atoms. The van der Waals surface area contributed by atoms with E-state index in [1.54, 1.807) is 13.1 Å². The van der Waals surface area contributed by atoms with E-state index in [4.69, 9.17) is 0 Å². The van der Waals surface area contributed by atoms with Gasteiger partial charge in [0.25, 0.3) is 0 Å². The molecule has 2 N–H and O–H groups in total. The standard InChI is InChI=1S/C10H16N4O/c1-7(15)13-9-6-11-5-8(9)10-3-4-12-14(10)2/h3-4,8-9,11H,5-6H2,1-2H3,(H,13,15)/t8-,9-/m0/s1. The highest BCUT2D eigenvalue weighted by Crippen LogP contribution is 2.21. The molecule has 2 atom stereocenters. The number of aryl methyl sites for hydroxylation is 1. The molecule has 1 aliphatic heterocycles. The van der Waals surface area contributed by atoms with Crippen LogP contribution in [0.15, 0.2) is 12.3 Å². The second-order valence-electron chi connectivity index (χ2n) is 3.95. The lowest BCUT2D eigenvalue weighted by Gasteiger charge is -2.19. The van der Waals surface area contributed by atoms with E-state index in [2.05, 4.69) is 15.7 Å². The Morgan fingerprint density at radius 1 is 1.67 bits per heavy atom. The van der Waals surface area contributed by atoms with Gasteiger partial charge in [0, 0.05) is 44.9 Å². The smallest absolute Gasteiger partial charge is 0.217 e. The molecule has 0 radical (unpaired) electrons. The summed E-state index contributed by atoms with van der Waals surface area (Å²) in [5.74, 6) is 0.345. The van der Waals surface area contributed by atoms with Gasteiger partial charge in [-0.1, -0.05) is 0 Å². The molecule has 1 amide bonds. The summed E-state index contributed by atoms with van der Waals surface area (Å²) in [7, 11) is 1.93. The number of rotatable bonds is 2. The lowest BCUT2D eigenvalue weighted by Crippen LogP contribution is -2.38. The third kappa shape index (κ3) is 2.02. The molecule has 5 heteroatoms. The van der Waals surface area contributed by atoms with E-state index in [1.807, 2.05) is 17.8 Å². The van der Waals surface area contributed by atoms with Crippen LogP contribution in [-0.2, 0) is 11.8 Å². The Hall–Kier alpha value is -1.36. The van der Waals surface area contributed by atoms with E-state index >= 15 is 0 Å². The summed E-state index contributed by atoms with van der Waals surface area (Å²) in [6.07, 6.45) is 1.79. The van der Waals surface area contributed by atoms with Crippen LogP contribution in [-0.4, -0.2) is 34.8 Å². The van der Waals surface area contributed by atoms with Crippen molar-refractivity contribution in [2.45, 2.75) is 18.9 Å². The molecule has 0 unspecified atom stereocenters. The molecular formula is C10H16N4O. The van der Waals surface area contributed by atoms with Gasteiger partial charge in [-0.3, -0.25) is 9.48 Å². The van der Waals surface area contributed by atoms with Crippen molar-refractivity contribution in [1.82, 2.24) is 20.4 Å². The van der Waals surface area contributed by atoms with Crippen molar-refractivity contribution in [3.63, 3.8) is 0 Å². The number of nitrogens with one attached hydrogen (secondary N) is 2. The maximum Gasteiger partial charge on any atom is 0.217 e. The van der Waals surface area contributed by atoms with E-state index in [9.17, 15) is 4.79 Å². The van der Waals surface area contributed by atoms with Gasteiger partial charge in [-0.2, -0.15) is 5.10 Å². The zero-order valence-electron chi connectivity index (χ0n) is 9.03. The maximum atomic E-state index is 11.0. The van der Waals surface area contributed by atoms with Crippen LogP contribution in [0.1, 0.15) is 18.5 Å². The molecule has 1 aromatic rings. The highest BCUT2D eigenvalue weighted by molar-refractivity contribution is 5.73. The Labute approximate surface area is 88.8 Å². The van der Waals surface area contributed by atoms with Gasteiger partial charge >= 0.3 is 0 Å². The van der Waals surface area contributed by atoms with Gasteiger partial charge in [-0.25, -0.2) is 0 Å². The number of hydrogen-bond acceptors (Lipinski definition) is 3. The SMILES string of the molecule is CC(=O)N[C@H]1CNC[C@@H]1c1ccnn1C. The van der Waals surface area contributed by atoms with Crippen molar-refractivity contribution in [3.8, 4) is 0 Å². The van der Waals surface area contributed by atoms with Crippen LogP contribution in [0.25, 0.3) is 0 Å². The molecule has 1 fully saturated rings. The summed E-state index contributed by atoms with van der Waals surface area (Å²) < 4.78 is 1.87. The maximum absolute atomic E-state index is 11.0. The fourth-order valence-electron chi connectivity index (χ4n) is 2.15. The van der Waals surface area contributed by atoms with Gasteiger partial charge < -0.3 is 10.6 Å². The topological polar surface area (TPSA) is 59.0 Å². The minimum absolute atomic E-state index is 0.0240. The summed E-state index contributed by atoms with van der Waals surface area (Å²) in [5.41, 5.74) is 1.17. The summed E-state index contributed by atoms with van der Waals surface area (Å²) in [4.78, 5) is 11.0. The Kier molecular flexibility index (Phi) is 2.73. The minimum atomic E-state index is 0.0240. The molecular weight excluding hydrogens is 192 g/mol. The first-order chi connectivity index (χ1) is 7.18. The van der Waals surface area contributed by atoms with Crippen LogP contribution in [0.4, 0.5) is 0 Å². The first kappa shape index (κ1) is 10.2. The average molecular weight is 208 g/mol. The highest BCUT2D eigenvalue weighted by Gasteiger charge is 2.30. The zero-order chi connectivity index (χ0) is 10.8. The molecule has 2 heterocycles. The summed E-state index contributed by atoms with van der Waals surface area (Å²) in [6.45, 7) is 3.28. The zero-order valence-corrected chi connectivity index (χ0v) is 9.03. The van der Waals surface area contributed by atoms with E-state index in [1.165, 1.54) is 5.69 Å². The van der Waals surface area contributed by atoms with Crippen LogP contribution < -0.4 is 10.6 Å². The van der Waals surface area contributed by atoms with Gasteiger partial charge in [0.1, 0.15) is 0 Å². The van der Waals surface area contributed by atoms with E-state index in [0.717, 1.165) is 13.1 Å². The largest absolute Gasteiger partial charge is 0.352 e. The van der Waals surface area contributed by atoms with E-state index in [-0.39, 0.29) is 11.9 Å². The molecule has 0 spiro atoms. The minimum Gasteiger partial charge on any atom is -0.352 e. The fourth-order valence-corrected chi connectivity index (χ4v) is 2.15. The van der Waals surface area contributed by atoms with Gasteiger partial charge in [0.05, 0.1) is 6.04 Å². The second kappa shape index (κ2) is 4.02. The van der Waals surface area contributed by atoms with Crippen LogP contribution >= 0.6 is 0 Å². The Balaban J connectivity index is 2.14. The van der Waals surface area contributed by atoms with Gasteiger partial charge in [-0.15, -0.1) is 0 Å². The molecule has 0 aromatic carbocycles. The van der Waals surface area contributed by atoms with Crippen molar-refractivity contribution < 1.29 is 4.79 Å². The summed E-state index contributed by atoms with van der Waals surface area (Å²) in [5, 5.41) is 10.4. The second-order valence-corrected chi connectivity index (χ2v) is 3.95. The molecule has 1 aromatic heterocycles. The number of nitrogens with zero attached hydrogens (tertiary/aromatic N) is 2. The molecule has 2 rings (SSSR count). The normalized spacial score (nSPS) is 25.5. The number of carbonyl (C=O) groups is 1. The monoisotopic (exact) mass is 208 g/mol. The highest BCUT2D eigenvalue weighted by atomic mass is 16.1. The van der Waals surface area contributed by atoms with Crippen molar-refractivity contribution in [1.29, 1.82) is 0 Å². The lowest BCUT2D eigenvalue weighted by atomic mass is 10.00. The molecule has 1 saturated heterocycles. The molecule has 5 nitrogen and oxygen atoms in total. The Bertz CT molecular complexity index is 360. The van der Waals surface area contributed by atoms with Crippen LogP contribution in [0.5, 0.6) is 0 Å². The van der Waals surface area contributed by atoms with Crippen molar-refractivity contribution in [2.75, 3.05) is 13.1 Å². The first-order valence-electron chi connectivity index (χ1n) is 5.14. The van der Waals surface area contributed by atoms with Crippen LogP contribution in [0, 0.1) is 0 Å². The first-order valence-corrected chi connectivity index (χ1v) is 5.14.